The SMILES string of the molecule is CCCNC(=O)[C@H](CC)N(Cc1ccc(Cl)c(Cl)c1)C(=O)CN(c1cccc2ccccc12)S(C)(=O)=O. The summed E-state index contributed by atoms with van der Waals surface area (Å²) in [6.45, 7) is 3.81. The van der Waals surface area contributed by atoms with E-state index >= 15 is 0 Å². The van der Waals surface area contributed by atoms with E-state index < -0.39 is 28.5 Å². The van der Waals surface area contributed by atoms with E-state index in [0.717, 1.165) is 22.4 Å². The number of hydrogen-bond acceptors (Lipinski definition) is 4. The fourth-order valence-electron chi connectivity index (χ4n) is 4.14. The van der Waals surface area contributed by atoms with E-state index in [0.29, 0.717) is 39.6 Å². The number of carbonyl (C=O) groups is 2. The molecule has 0 aromatic heterocycles. The highest BCUT2D eigenvalue weighted by molar-refractivity contribution is 7.92. The van der Waals surface area contributed by atoms with Gasteiger partial charge in [-0.15, -0.1) is 0 Å². The molecular weight excluding hydrogens is 533 g/mol. The van der Waals surface area contributed by atoms with E-state index in [9.17, 15) is 18.0 Å². The molecule has 0 radical (unpaired) electrons. The van der Waals surface area contributed by atoms with Crippen LogP contribution in [0.3, 0.4) is 0 Å². The van der Waals surface area contributed by atoms with Crippen molar-refractivity contribution in [3.63, 3.8) is 0 Å². The Morgan fingerprint density at radius 1 is 0.973 bits per heavy atom. The van der Waals surface area contributed by atoms with Crippen molar-refractivity contribution < 1.29 is 18.0 Å². The number of hydrogen-bond donors (Lipinski definition) is 1. The lowest BCUT2D eigenvalue weighted by Gasteiger charge is -2.33. The van der Waals surface area contributed by atoms with Gasteiger partial charge in [-0.2, -0.15) is 0 Å². The number of carbonyl (C=O) groups excluding carboxylic acids is 2. The third-order valence-corrected chi connectivity index (χ3v) is 7.85. The smallest absolute Gasteiger partial charge is 0.244 e. The maximum absolute atomic E-state index is 13.8. The monoisotopic (exact) mass is 563 g/mol. The zero-order valence-electron chi connectivity index (χ0n) is 21.1. The minimum absolute atomic E-state index is 0.0565. The van der Waals surface area contributed by atoms with Crippen LogP contribution in [-0.4, -0.2) is 50.5 Å². The third-order valence-electron chi connectivity index (χ3n) is 5.99. The Labute approximate surface area is 228 Å². The van der Waals surface area contributed by atoms with E-state index in [2.05, 4.69) is 5.32 Å². The molecule has 1 N–H and O–H groups in total. The molecule has 10 heteroatoms. The van der Waals surface area contributed by atoms with Crippen LogP contribution in [0.15, 0.2) is 60.7 Å². The number of benzene rings is 3. The summed E-state index contributed by atoms with van der Waals surface area (Å²) in [6.07, 6.45) is 2.15. The van der Waals surface area contributed by atoms with Crippen LogP contribution < -0.4 is 9.62 Å². The zero-order valence-corrected chi connectivity index (χ0v) is 23.4. The summed E-state index contributed by atoms with van der Waals surface area (Å²) in [5, 5.41) is 5.09. The molecule has 2 amide bonds. The molecule has 1 atom stereocenters. The molecule has 0 aliphatic rings. The van der Waals surface area contributed by atoms with E-state index in [4.69, 9.17) is 23.2 Å². The van der Waals surface area contributed by atoms with Gasteiger partial charge >= 0.3 is 0 Å². The average molecular weight is 565 g/mol. The van der Waals surface area contributed by atoms with Crippen molar-refractivity contribution in [2.45, 2.75) is 39.3 Å². The molecule has 37 heavy (non-hydrogen) atoms. The van der Waals surface area contributed by atoms with Gasteiger partial charge in [-0.1, -0.05) is 79.5 Å². The Morgan fingerprint density at radius 3 is 2.32 bits per heavy atom. The minimum atomic E-state index is -3.84. The molecular formula is C27H31Cl2N3O4S. The zero-order chi connectivity index (χ0) is 27.2. The van der Waals surface area contributed by atoms with Gasteiger partial charge in [0.25, 0.3) is 0 Å². The first-order valence-electron chi connectivity index (χ1n) is 12.0. The number of sulfonamides is 1. The summed E-state index contributed by atoms with van der Waals surface area (Å²) in [4.78, 5) is 28.3. The fraction of sp³-hybridized carbons (Fsp3) is 0.333. The number of amides is 2. The minimum Gasteiger partial charge on any atom is -0.354 e. The van der Waals surface area contributed by atoms with Gasteiger partial charge in [0.2, 0.25) is 21.8 Å². The number of anilines is 1. The van der Waals surface area contributed by atoms with E-state index in [-0.39, 0.29) is 12.5 Å². The van der Waals surface area contributed by atoms with E-state index in [1.807, 2.05) is 44.2 Å². The predicted octanol–water partition coefficient (Wildman–Crippen LogP) is 5.25. The second-order valence-corrected chi connectivity index (χ2v) is 11.5. The van der Waals surface area contributed by atoms with Crippen molar-refractivity contribution in [2.75, 3.05) is 23.7 Å². The fourth-order valence-corrected chi connectivity index (χ4v) is 5.32. The topological polar surface area (TPSA) is 86.8 Å². The summed E-state index contributed by atoms with van der Waals surface area (Å²) in [6, 6.07) is 16.9. The normalized spacial score (nSPS) is 12.2. The molecule has 7 nitrogen and oxygen atoms in total. The van der Waals surface area contributed by atoms with Crippen LogP contribution in [0.1, 0.15) is 32.3 Å². The number of rotatable bonds is 11. The molecule has 0 spiro atoms. The second-order valence-electron chi connectivity index (χ2n) is 8.75. The van der Waals surface area contributed by atoms with Crippen LogP contribution in [0, 0.1) is 0 Å². The van der Waals surface area contributed by atoms with Gasteiger partial charge < -0.3 is 10.2 Å². The Bertz CT molecular complexity index is 1380. The first kappa shape index (κ1) is 28.8. The van der Waals surface area contributed by atoms with Crippen LogP contribution in [-0.2, 0) is 26.2 Å². The summed E-state index contributed by atoms with van der Waals surface area (Å²) in [5.41, 5.74) is 1.06. The molecule has 3 rings (SSSR count). The quantitative estimate of drug-likeness (QED) is 0.345. The highest BCUT2D eigenvalue weighted by Gasteiger charge is 2.32. The van der Waals surface area contributed by atoms with Crippen molar-refractivity contribution >= 4 is 61.5 Å². The summed E-state index contributed by atoms with van der Waals surface area (Å²) in [7, 11) is -3.84. The molecule has 0 heterocycles. The van der Waals surface area contributed by atoms with Gasteiger partial charge in [-0.05, 0) is 42.0 Å². The second kappa shape index (κ2) is 12.6. The first-order valence-corrected chi connectivity index (χ1v) is 14.6. The summed E-state index contributed by atoms with van der Waals surface area (Å²) < 4.78 is 27.0. The maximum atomic E-state index is 13.8. The van der Waals surface area contributed by atoms with Gasteiger partial charge in [0.05, 0.1) is 22.0 Å². The van der Waals surface area contributed by atoms with E-state index in [1.165, 1.54) is 4.90 Å². The van der Waals surface area contributed by atoms with Gasteiger partial charge in [-0.3, -0.25) is 13.9 Å². The van der Waals surface area contributed by atoms with Crippen LogP contribution in [0.5, 0.6) is 0 Å². The largest absolute Gasteiger partial charge is 0.354 e. The number of nitrogens with one attached hydrogen (secondary N) is 1. The van der Waals surface area contributed by atoms with Gasteiger partial charge in [-0.25, -0.2) is 8.42 Å². The van der Waals surface area contributed by atoms with Crippen LogP contribution in [0.4, 0.5) is 5.69 Å². The molecule has 0 aliphatic heterocycles. The molecule has 0 fully saturated rings. The Hall–Kier alpha value is -2.81. The Morgan fingerprint density at radius 2 is 1.68 bits per heavy atom. The van der Waals surface area contributed by atoms with Crippen LogP contribution in [0.25, 0.3) is 10.8 Å². The number of nitrogens with zero attached hydrogens (tertiary/aromatic N) is 2. The van der Waals surface area contributed by atoms with E-state index in [1.54, 1.807) is 30.3 Å². The van der Waals surface area contributed by atoms with Crippen LogP contribution >= 0.6 is 23.2 Å². The van der Waals surface area contributed by atoms with Crippen molar-refractivity contribution in [3.05, 3.63) is 76.3 Å². The molecule has 0 aliphatic carbocycles. The summed E-state index contributed by atoms with van der Waals surface area (Å²) in [5.74, 6) is -0.809. The van der Waals surface area contributed by atoms with Crippen molar-refractivity contribution in [2.24, 2.45) is 0 Å². The predicted molar refractivity (Wildman–Crippen MR) is 151 cm³/mol. The highest BCUT2D eigenvalue weighted by Crippen LogP contribution is 2.29. The van der Waals surface area contributed by atoms with Crippen LogP contribution in [0.2, 0.25) is 10.0 Å². The molecule has 3 aromatic rings. The lowest BCUT2D eigenvalue weighted by atomic mass is 10.1. The number of halogens is 2. The third kappa shape index (κ3) is 7.15. The summed E-state index contributed by atoms with van der Waals surface area (Å²) >= 11 is 12.3. The molecule has 0 saturated heterocycles. The first-order chi connectivity index (χ1) is 17.6. The molecule has 198 valence electrons. The molecule has 0 unspecified atom stereocenters. The molecule has 3 aromatic carbocycles. The Balaban J connectivity index is 2.03. The van der Waals surface area contributed by atoms with Gasteiger partial charge in [0.15, 0.2) is 0 Å². The lowest BCUT2D eigenvalue weighted by Crippen LogP contribution is -2.52. The maximum Gasteiger partial charge on any atom is 0.244 e. The highest BCUT2D eigenvalue weighted by atomic mass is 35.5. The van der Waals surface area contributed by atoms with Gasteiger partial charge in [0.1, 0.15) is 12.6 Å². The van der Waals surface area contributed by atoms with Gasteiger partial charge in [0, 0.05) is 18.5 Å². The standard InChI is InChI=1S/C27H31Cl2N3O4S/c1-4-15-30-27(34)24(5-2)31(17-19-13-14-22(28)23(29)16-19)26(33)18-32(37(3,35)36)25-12-8-10-20-9-6-7-11-21(20)25/h6-14,16,24H,4-5,15,17-18H2,1-3H3,(H,30,34)/t24-/m0/s1. The van der Waals surface area contributed by atoms with Crippen molar-refractivity contribution in [3.8, 4) is 0 Å². The lowest BCUT2D eigenvalue weighted by molar-refractivity contribution is -0.140. The molecule has 0 bridgehead atoms. The average Bonchev–Trinajstić information content (AvgIpc) is 2.86. The Kier molecular flexibility index (Phi) is 9.81. The number of fused-ring (bicyclic) bond motifs is 1. The van der Waals surface area contributed by atoms with Crippen molar-refractivity contribution in [1.82, 2.24) is 10.2 Å². The van der Waals surface area contributed by atoms with Crippen molar-refractivity contribution in [1.29, 1.82) is 0 Å². The molecule has 0 saturated carbocycles.